The first-order valence-electron chi connectivity index (χ1n) is 6.33. The van der Waals surface area contributed by atoms with Gasteiger partial charge in [0, 0.05) is 15.7 Å². The van der Waals surface area contributed by atoms with Crippen LogP contribution in [0.4, 0.5) is 4.39 Å². The van der Waals surface area contributed by atoms with Crippen molar-refractivity contribution in [3.8, 4) is 5.69 Å². The summed E-state index contributed by atoms with van der Waals surface area (Å²) < 4.78 is 18.4. The van der Waals surface area contributed by atoms with E-state index in [4.69, 9.17) is 5.26 Å². The van der Waals surface area contributed by atoms with Gasteiger partial charge in [0.25, 0.3) is 0 Å². The van der Waals surface area contributed by atoms with Crippen LogP contribution in [-0.2, 0) is 9.53 Å². The number of hydrogen-bond acceptors (Lipinski definition) is 4. The molecule has 1 aromatic rings. The summed E-state index contributed by atoms with van der Waals surface area (Å²) in [5.74, 6) is -1.50. The van der Waals surface area contributed by atoms with E-state index < -0.39 is 26.0 Å². The van der Waals surface area contributed by atoms with Crippen molar-refractivity contribution in [1.82, 2.24) is 0 Å². The molecular weight excluding hydrogens is 357 g/mol. The minimum Gasteiger partial charge on any atom is -0.464 e. The van der Waals surface area contributed by atoms with Crippen molar-refractivity contribution >= 4 is 30.0 Å². The molecule has 0 aliphatic heterocycles. The van der Waals surface area contributed by atoms with E-state index in [2.05, 4.69) is 26.4 Å². The lowest BCUT2D eigenvalue weighted by Crippen LogP contribution is -2.16. The number of nitrogens with zero attached hydrogens (tertiary/aromatic N) is 1. The summed E-state index contributed by atoms with van der Waals surface area (Å²) in [6.45, 7) is 7.82. The Morgan fingerprint density at radius 1 is 1.52 bits per heavy atom. The van der Waals surface area contributed by atoms with E-state index in [1.807, 2.05) is 19.6 Å². The summed E-state index contributed by atoms with van der Waals surface area (Å²) in [6.07, 6.45) is -1.57. The number of halogens is 2. The third-order valence-corrected chi connectivity index (χ3v) is 3.27. The summed E-state index contributed by atoms with van der Waals surface area (Å²) in [4.78, 5) is 11.1. The Bertz CT molecular complexity index is 526. The zero-order chi connectivity index (χ0) is 16.6. The quantitative estimate of drug-likeness (QED) is 0.647. The fourth-order valence-electron chi connectivity index (χ4n) is 1.07. The van der Waals surface area contributed by atoms with E-state index in [9.17, 15) is 14.3 Å². The Balaban J connectivity index is 0.000000567. The highest BCUT2D eigenvalue weighted by Gasteiger charge is 2.21. The SMILES string of the molecule is CCOC(=O)C(O)c1ccc(Br)cc1F.C[Si](C)(C)C#N. The van der Waals surface area contributed by atoms with E-state index in [0.29, 0.717) is 4.47 Å². The Morgan fingerprint density at radius 3 is 2.43 bits per heavy atom. The minimum atomic E-state index is -1.57. The predicted octanol–water partition coefficient (Wildman–Crippen LogP) is 3.57. The molecule has 0 bridgehead atoms. The Hall–Kier alpha value is -1.23. The lowest BCUT2D eigenvalue weighted by Gasteiger charge is -2.10. The lowest BCUT2D eigenvalue weighted by molar-refractivity contribution is -0.153. The van der Waals surface area contributed by atoms with Gasteiger partial charge in [0.2, 0.25) is 0 Å². The molecule has 0 heterocycles. The van der Waals surface area contributed by atoms with Gasteiger partial charge in [-0.15, -0.1) is 0 Å². The van der Waals surface area contributed by atoms with Crippen LogP contribution in [0.2, 0.25) is 19.6 Å². The van der Waals surface area contributed by atoms with Crippen LogP contribution < -0.4 is 0 Å². The normalized spacial score (nSPS) is 11.7. The van der Waals surface area contributed by atoms with Crippen molar-refractivity contribution in [1.29, 1.82) is 5.26 Å². The van der Waals surface area contributed by atoms with Gasteiger partial charge in [-0.3, -0.25) is 0 Å². The van der Waals surface area contributed by atoms with Crippen LogP contribution >= 0.6 is 15.9 Å². The van der Waals surface area contributed by atoms with Gasteiger partial charge < -0.3 is 9.84 Å². The van der Waals surface area contributed by atoms with Crippen LogP contribution in [0.1, 0.15) is 18.6 Å². The van der Waals surface area contributed by atoms with E-state index >= 15 is 0 Å². The van der Waals surface area contributed by atoms with Crippen molar-refractivity contribution in [2.24, 2.45) is 0 Å². The zero-order valence-electron chi connectivity index (χ0n) is 12.5. The first-order valence-corrected chi connectivity index (χ1v) is 10.6. The fraction of sp³-hybridized carbons (Fsp3) is 0.429. The second kappa shape index (κ2) is 8.92. The maximum absolute atomic E-state index is 13.3. The van der Waals surface area contributed by atoms with Crippen LogP contribution in [0.15, 0.2) is 22.7 Å². The molecule has 1 unspecified atom stereocenters. The Morgan fingerprint density at radius 2 is 2.05 bits per heavy atom. The third-order valence-electron chi connectivity index (χ3n) is 2.10. The number of hydrogen-bond donors (Lipinski definition) is 1. The van der Waals surface area contributed by atoms with Crippen LogP contribution in [0, 0.1) is 16.8 Å². The van der Waals surface area contributed by atoms with Gasteiger partial charge in [-0.2, -0.15) is 0 Å². The van der Waals surface area contributed by atoms with Crippen molar-refractivity contribution in [3.63, 3.8) is 0 Å². The molecule has 7 heteroatoms. The molecule has 4 nitrogen and oxygen atoms in total. The molecule has 0 aliphatic rings. The molecule has 0 saturated carbocycles. The standard InChI is InChI=1S/C10H10BrFO3.C4H9NSi/c1-2-15-10(14)9(13)7-4-3-6(11)5-8(7)12;1-6(2,3)4-5/h3-5,9,13H,2H2,1H3;1-3H3. The number of rotatable bonds is 3. The van der Waals surface area contributed by atoms with Crippen LogP contribution in [0.25, 0.3) is 0 Å². The number of carbonyl (C=O) groups is 1. The van der Waals surface area contributed by atoms with E-state index in [0.717, 1.165) is 0 Å². The molecule has 0 aliphatic carbocycles. The summed E-state index contributed by atoms with van der Waals surface area (Å²) >= 11 is 3.08. The molecule has 0 aromatic heterocycles. The van der Waals surface area contributed by atoms with Gasteiger partial charge >= 0.3 is 5.97 Å². The van der Waals surface area contributed by atoms with Crippen LogP contribution in [-0.4, -0.2) is 25.8 Å². The van der Waals surface area contributed by atoms with Crippen molar-refractivity contribution in [3.05, 3.63) is 34.1 Å². The number of ether oxygens (including phenoxy) is 1. The van der Waals surface area contributed by atoms with Crippen molar-refractivity contribution in [2.45, 2.75) is 32.7 Å². The Kier molecular flexibility index (Phi) is 8.40. The number of esters is 1. The van der Waals surface area contributed by atoms with Gasteiger partial charge in [-0.05, 0) is 19.1 Å². The molecule has 116 valence electrons. The fourth-order valence-corrected chi connectivity index (χ4v) is 1.40. The predicted molar refractivity (Wildman–Crippen MR) is 84.7 cm³/mol. The number of aliphatic hydroxyl groups excluding tert-OH is 1. The van der Waals surface area contributed by atoms with Crippen LogP contribution in [0.5, 0.6) is 0 Å². The van der Waals surface area contributed by atoms with Gasteiger partial charge in [-0.1, -0.05) is 41.6 Å². The molecule has 1 aromatic carbocycles. The molecule has 1 N–H and O–H groups in total. The van der Waals surface area contributed by atoms with Crippen molar-refractivity contribution < 1.29 is 19.0 Å². The van der Waals surface area contributed by atoms with Gasteiger partial charge in [0.15, 0.2) is 14.2 Å². The van der Waals surface area contributed by atoms with Gasteiger partial charge in [0.05, 0.1) is 6.61 Å². The van der Waals surface area contributed by atoms with Gasteiger partial charge in [-0.25, -0.2) is 14.4 Å². The maximum atomic E-state index is 13.3. The largest absolute Gasteiger partial charge is 0.464 e. The zero-order valence-corrected chi connectivity index (χ0v) is 15.1. The number of benzene rings is 1. The van der Waals surface area contributed by atoms with E-state index in [-0.39, 0.29) is 12.2 Å². The summed E-state index contributed by atoms with van der Waals surface area (Å²) in [5.41, 5.74) is 2.16. The lowest BCUT2D eigenvalue weighted by atomic mass is 10.1. The second-order valence-corrected chi connectivity index (χ2v) is 10.8. The third kappa shape index (κ3) is 7.95. The maximum Gasteiger partial charge on any atom is 0.339 e. The van der Waals surface area contributed by atoms with Crippen LogP contribution in [0.3, 0.4) is 0 Å². The molecule has 0 spiro atoms. The molecule has 0 amide bonds. The smallest absolute Gasteiger partial charge is 0.339 e. The molecule has 1 atom stereocenters. The van der Waals surface area contributed by atoms with Crippen molar-refractivity contribution in [2.75, 3.05) is 6.61 Å². The summed E-state index contributed by atoms with van der Waals surface area (Å²) in [5, 5.41) is 17.7. The Labute approximate surface area is 133 Å². The number of nitriles is 1. The highest BCUT2D eigenvalue weighted by molar-refractivity contribution is 9.10. The summed E-state index contributed by atoms with van der Waals surface area (Å²) in [7, 11) is -1.33. The first kappa shape index (κ1) is 19.8. The monoisotopic (exact) mass is 375 g/mol. The molecular formula is C14H19BrFNO3Si. The first-order chi connectivity index (χ1) is 9.62. The second-order valence-electron chi connectivity index (χ2n) is 5.18. The molecule has 1 rings (SSSR count). The number of aliphatic hydroxyl groups is 1. The highest BCUT2D eigenvalue weighted by Crippen LogP contribution is 2.21. The molecule has 0 fully saturated rings. The van der Waals surface area contributed by atoms with Gasteiger partial charge in [0.1, 0.15) is 5.82 Å². The molecule has 0 radical (unpaired) electrons. The highest BCUT2D eigenvalue weighted by atomic mass is 79.9. The molecule has 0 saturated heterocycles. The minimum absolute atomic E-state index is 0.0864. The average molecular weight is 376 g/mol. The van der Waals surface area contributed by atoms with E-state index in [1.54, 1.807) is 13.0 Å². The topological polar surface area (TPSA) is 70.3 Å². The summed E-state index contributed by atoms with van der Waals surface area (Å²) in [6, 6.07) is 4.06. The molecule has 21 heavy (non-hydrogen) atoms. The van der Waals surface area contributed by atoms with E-state index in [1.165, 1.54) is 12.1 Å². The number of carbonyl (C=O) groups excluding carboxylic acids is 1. The average Bonchev–Trinajstić information content (AvgIpc) is 2.38.